The fourth-order valence-corrected chi connectivity index (χ4v) is 3.65. The van der Waals surface area contributed by atoms with Gasteiger partial charge in [0, 0.05) is 25.3 Å². The molecule has 1 N–H and O–H groups in total. The Labute approximate surface area is 185 Å². The first-order valence-corrected chi connectivity index (χ1v) is 10.5. The van der Waals surface area contributed by atoms with E-state index in [4.69, 9.17) is 4.74 Å². The van der Waals surface area contributed by atoms with E-state index in [-0.39, 0.29) is 18.3 Å². The van der Waals surface area contributed by atoms with Gasteiger partial charge in [-0.15, -0.1) is 5.10 Å². The molecule has 166 valence electrons. The van der Waals surface area contributed by atoms with Crippen LogP contribution in [0.1, 0.15) is 28.7 Å². The van der Waals surface area contributed by atoms with Gasteiger partial charge in [0.05, 0.1) is 6.61 Å². The van der Waals surface area contributed by atoms with E-state index in [9.17, 15) is 14.4 Å². The first kappa shape index (κ1) is 21.4. The maximum Gasteiger partial charge on any atom is 0.346 e. The van der Waals surface area contributed by atoms with Crippen molar-refractivity contribution in [1.29, 1.82) is 0 Å². The van der Waals surface area contributed by atoms with Crippen molar-refractivity contribution in [2.75, 3.05) is 18.5 Å². The third-order valence-electron chi connectivity index (χ3n) is 5.36. The lowest BCUT2D eigenvalue weighted by atomic mass is 10.1. The van der Waals surface area contributed by atoms with E-state index in [0.717, 1.165) is 15.8 Å². The summed E-state index contributed by atoms with van der Waals surface area (Å²) in [5.74, 6) is 0.0409. The summed E-state index contributed by atoms with van der Waals surface area (Å²) in [4.78, 5) is 39.7. The van der Waals surface area contributed by atoms with Gasteiger partial charge in [-0.05, 0) is 49.2 Å². The van der Waals surface area contributed by atoms with Crippen molar-refractivity contribution in [1.82, 2.24) is 19.2 Å². The molecule has 32 heavy (non-hydrogen) atoms. The Hall–Kier alpha value is -3.88. The summed E-state index contributed by atoms with van der Waals surface area (Å²) in [6, 6.07) is 14.8. The lowest BCUT2D eigenvalue weighted by Gasteiger charge is -2.27. The van der Waals surface area contributed by atoms with E-state index >= 15 is 0 Å². The van der Waals surface area contributed by atoms with Gasteiger partial charge >= 0.3 is 5.69 Å². The van der Waals surface area contributed by atoms with Gasteiger partial charge in [0.2, 0.25) is 11.7 Å². The summed E-state index contributed by atoms with van der Waals surface area (Å²) in [6.07, 6.45) is 0. The summed E-state index contributed by atoms with van der Waals surface area (Å²) in [5.41, 5.74) is 2.26. The van der Waals surface area contributed by atoms with Crippen molar-refractivity contribution in [2.24, 2.45) is 0 Å². The molecule has 0 unspecified atom stereocenters. The molecule has 0 atom stereocenters. The zero-order chi connectivity index (χ0) is 22.7. The molecule has 1 aromatic heterocycles. The van der Waals surface area contributed by atoms with Crippen molar-refractivity contribution in [3.05, 3.63) is 76.0 Å². The second-order valence-electron chi connectivity index (χ2n) is 7.57. The molecule has 4 rings (SSSR count). The molecule has 0 fully saturated rings. The quantitative estimate of drug-likeness (QED) is 0.613. The molecule has 1 aliphatic rings. The lowest BCUT2D eigenvalue weighted by molar-refractivity contribution is -0.117. The van der Waals surface area contributed by atoms with Crippen LogP contribution in [0, 0.1) is 6.92 Å². The molecule has 2 heterocycles. The van der Waals surface area contributed by atoms with Crippen LogP contribution >= 0.6 is 0 Å². The first-order valence-electron chi connectivity index (χ1n) is 10.5. The normalized spacial score (nSPS) is 13.1. The standard InChI is InChI=1S/C23H25N5O4/c1-3-32-19-10-8-18(9-11-19)24-20(29)15-28-23(31)27-13-12-26(22(30)21(27)25-28)14-17-7-5-4-6-16(17)2/h4-11H,3,12-15H2,1-2H3,(H,24,29). The van der Waals surface area contributed by atoms with E-state index in [0.29, 0.717) is 37.7 Å². The number of anilines is 1. The summed E-state index contributed by atoms with van der Waals surface area (Å²) in [7, 11) is 0. The van der Waals surface area contributed by atoms with E-state index in [1.165, 1.54) is 4.57 Å². The molecule has 3 aromatic rings. The number of carbonyl (C=O) groups is 2. The highest BCUT2D eigenvalue weighted by atomic mass is 16.5. The Kier molecular flexibility index (Phi) is 6.07. The lowest BCUT2D eigenvalue weighted by Crippen LogP contribution is -2.42. The van der Waals surface area contributed by atoms with Gasteiger partial charge in [0.1, 0.15) is 12.3 Å². The van der Waals surface area contributed by atoms with Crippen molar-refractivity contribution in [3.8, 4) is 5.75 Å². The Morgan fingerprint density at radius 1 is 1.09 bits per heavy atom. The van der Waals surface area contributed by atoms with Crippen LogP contribution in [0.4, 0.5) is 5.69 Å². The van der Waals surface area contributed by atoms with Crippen LogP contribution in [0.2, 0.25) is 0 Å². The van der Waals surface area contributed by atoms with Crippen LogP contribution in [-0.2, 0) is 24.4 Å². The average molecular weight is 435 g/mol. The van der Waals surface area contributed by atoms with Gasteiger partial charge < -0.3 is 15.0 Å². The number of nitrogens with zero attached hydrogens (tertiary/aromatic N) is 4. The van der Waals surface area contributed by atoms with Crippen LogP contribution in [0.5, 0.6) is 5.75 Å². The predicted molar refractivity (Wildman–Crippen MR) is 119 cm³/mol. The van der Waals surface area contributed by atoms with Gasteiger partial charge in [-0.3, -0.25) is 14.2 Å². The van der Waals surface area contributed by atoms with Crippen LogP contribution in [0.25, 0.3) is 0 Å². The summed E-state index contributed by atoms with van der Waals surface area (Å²) in [6.45, 7) is 5.36. The number of amides is 2. The number of aromatic nitrogens is 3. The minimum absolute atomic E-state index is 0.0590. The smallest absolute Gasteiger partial charge is 0.346 e. The maximum absolute atomic E-state index is 12.9. The summed E-state index contributed by atoms with van der Waals surface area (Å²) < 4.78 is 7.75. The van der Waals surface area contributed by atoms with E-state index in [1.54, 1.807) is 29.2 Å². The number of nitrogens with one attached hydrogen (secondary N) is 1. The maximum atomic E-state index is 12.9. The number of benzene rings is 2. The molecule has 9 nitrogen and oxygen atoms in total. The second-order valence-corrected chi connectivity index (χ2v) is 7.57. The molecule has 2 amide bonds. The highest BCUT2D eigenvalue weighted by molar-refractivity contribution is 5.92. The van der Waals surface area contributed by atoms with Crippen LogP contribution < -0.4 is 15.7 Å². The molecule has 0 radical (unpaired) electrons. The molecule has 1 aliphatic heterocycles. The number of carbonyl (C=O) groups excluding carboxylic acids is 2. The molecule has 0 saturated carbocycles. The van der Waals surface area contributed by atoms with Crippen LogP contribution in [0.3, 0.4) is 0 Å². The number of hydrogen-bond donors (Lipinski definition) is 1. The van der Waals surface area contributed by atoms with Gasteiger partial charge in [0.15, 0.2) is 0 Å². The number of rotatable bonds is 7. The van der Waals surface area contributed by atoms with Gasteiger partial charge in [-0.2, -0.15) is 0 Å². The van der Waals surface area contributed by atoms with Crippen molar-refractivity contribution in [2.45, 2.75) is 33.5 Å². The van der Waals surface area contributed by atoms with E-state index in [1.807, 2.05) is 38.1 Å². The first-order chi connectivity index (χ1) is 15.5. The average Bonchev–Trinajstić information content (AvgIpc) is 3.09. The van der Waals surface area contributed by atoms with E-state index < -0.39 is 11.6 Å². The van der Waals surface area contributed by atoms with Crippen molar-refractivity contribution in [3.63, 3.8) is 0 Å². The number of fused-ring (bicyclic) bond motifs is 1. The topological polar surface area (TPSA) is 98.5 Å². The summed E-state index contributed by atoms with van der Waals surface area (Å²) in [5, 5.41) is 6.89. The Balaban J connectivity index is 1.45. The molecular weight excluding hydrogens is 410 g/mol. The van der Waals surface area contributed by atoms with Gasteiger partial charge in [-0.25, -0.2) is 9.48 Å². The third-order valence-corrected chi connectivity index (χ3v) is 5.36. The highest BCUT2D eigenvalue weighted by Gasteiger charge is 2.30. The van der Waals surface area contributed by atoms with Crippen LogP contribution in [0.15, 0.2) is 53.3 Å². The Morgan fingerprint density at radius 3 is 2.56 bits per heavy atom. The zero-order valence-electron chi connectivity index (χ0n) is 18.1. The molecule has 0 aliphatic carbocycles. The second kappa shape index (κ2) is 9.09. The largest absolute Gasteiger partial charge is 0.494 e. The predicted octanol–water partition coefficient (Wildman–Crippen LogP) is 2.05. The molecule has 0 bridgehead atoms. The Bertz CT molecular complexity index is 1200. The van der Waals surface area contributed by atoms with Crippen LogP contribution in [-0.4, -0.2) is 44.2 Å². The minimum Gasteiger partial charge on any atom is -0.494 e. The molecule has 2 aromatic carbocycles. The molecule has 0 saturated heterocycles. The fourth-order valence-electron chi connectivity index (χ4n) is 3.65. The Morgan fingerprint density at radius 2 is 1.84 bits per heavy atom. The third kappa shape index (κ3) is 4.41. The van der Waals surface area contributed by atoms with Gasteiger partial charge in [-0.1, -0.05) is 24.3 Å². The SMILES string of the molecule is CCOc1ccc(NC(=O)Cn2nc3n(c2=O)CCN(Cc2ccccc2C)C3=O)cc1. The monoisotopic (exact) mass is 435 g/mol. The molecule has 0 spiro atoms. The zero-order valence-corrected chi connectivity index (χ0v) is 18.1. The molecule has 9 heteroatoms. The highest BCUT2D eigenvalue weighted by Crippen LogP contribution is 2.17. The number of hydrogen-bond acceptors (Lipinski definition) is 5. The van der Waals surface area contributed by atoms with Gasteiger partial charge in [0.25, 0.3) is 5.91 Å². The minimum atomic E-state index is -0.467. The number of aryl methyl sites for hydroxylation is 1. The number of ether oxygens (including phenoxy) is 1. The molecular formula is C23H25N5O4. The van der Waals surface area contributed by atoms with E-state index in [2.05, 4.69) is 10.4 Å². The van der Waals surface area contributed by atoms with Crippen molar-refractivity contribution < 1.29 is 14.3 Å². The van der Waals surface area contributed by atoms with Crippen molar-refractivity contribution >= 4 is 17.5 Å². The summed E-state index contributed by atoms with van der Waals surface area (Å²) >= 11 is 0. The fraction of sp³-hybridized carbons (Fsp3) is 0.304.